The van der Waals surface area contributed by atoms with Crippen molar-refractivity contribution in [1.82, 2.24) is 10.2 Å². The second kappa shape index (κ2) is 8.68. The number of amides is 2. The van der Waals surface area contributed by atoms with Crippen LogP contribution >= 0.6 is 0 Å². The van der Waals surface area contributed by atoms with Crippen LogP contribution in [0.5, 0.6) is 5.75 Å². The summed E-state index contributed by atoms with van der Waals surface area (Å²) in [6.07, 6.45) is 1.63. The summed E-state index contributed by atoms with van der Waals surface area (Å²) in [7, 11) is 0. The van der Waals surface area contributed by atoms with Gasteiger partial charge in [0.2, 0.25) is 5.91 Å². The van der Waals surface area contributed by atoms with Crippen molar-refractivity contribution in [2.75, 3.05) is 32.8 Å². The average molecular weight is 333 g/mol. The molecular weight excluding hydrogens is 306 g/mol. The Bertz CT molecular complexity index is 589. The Morgan fingerprint density at radius 2 is 2.17 bits per heavy atom. The van der Waals surface area contributed by atoms with Crippen LogP contribution in [0.2, 0.25) is 0 Å². The molecule has 0 aromatic heterocycles. The van der Waals surface area contributed by atoms with Gasteiger partial charge in [-0.25, -0.2) is 0 Å². The molecule has 2 amide bonds. The highest BCUT2D eigenvalue weighted by molar-refractivity contribution is 5.82. The third kappa shape index (κ3) is 4.96. The number of rotatable bonds is 6. The Kier molecular flexibility index (Phi) is 6.61. The fraction of sp³-hybridized carbons (Fsp3) is 0.556. The Labute approximate surface area is 143 Å². The van der Waals surface area contributed by atoms with Crippen LogP contribution in [0.25, 0.3) is 0 Å². The van der Waals surface area contributed by atoms with Crippen LogP contribution in [-0.4, -0.2) is 49.5 Å². The first-order chi connectivity index (χ1) is 11.5. The molecular formula is C18H27N3O3. The molecule has 1 aliphatic rings. The second-order valence-corrected chi connectivity index (χ2v) is 6.32. The van der Waals surface area contributed by atoms with Gasteiger partial charge in [-0.2, -0.15) is 0 Å². The first-order valence-electron chi connectivity index (χ1n) is 8.47. The zero-order chi connectivity index (χ0) is 17.5. The predicted molar refractivity (Wildman–Crippen MR) is 92.8 cm³/mol. The van der Waals surface area contributed by atoms with Crippen molar-refractivity contribution in [2.24, 2.45) is 11.7 Å². The number of piperidine rings is 1. The average Bonchev–Trinajstić information content (AvgIpc) is 2.60. The summed E-state index contributed by atoms with van der Waals surface area (Å²) in [6, 6.07) is 5.93. The third-order valence-electron chi connectivity index (χ3n) is 4.28. The summed E-state index contributed by atoms with van der Waals surface area (Å²) in [5.74, 6) is 0.480. The van der Waals surface area contributed by atoms with E-state index < -0.39 is 0 Å². The first-order valence-corrected chi connectivity index (χ1v) is 8.47. The molecule has 0 bridgehead atoms. The summed E-state index contributed by atoms with van der Waals surface area (Å²) in [5, 5.41) is 2.80. The fourth-order valence-electron chi connectivity index (χ4n) is 2.85. The van der Waals surface area contributed by atoms with Crippen LogP contribution < -0.4 is 15.8 Å². The lowest BCUT2D eigenvalue weighted by Gasteiger charge is -2.32. The number of nitrogens with two attached hydrogens (primary N) is 1. The summed E-state index contributed by atoms with van der Waals surface area (Å²) in [4.78, 5) is 26.2. The molecule has 6 heteroatoms. The number of nitrogens with zero attached hydrogens (tertiary/aromatic N) is 1. The summed E-state index contributed by atoms with van der Waals surface area (Å²) in [6.45, 7) is 5.97. The first kappa shape index (κ1) is 18.3. The van der Waals surface area contributed by atoms with Crippen LogP contribution in [0.4, 0.5) is 0 Å². The van der Waals surface area contributed by atoms with Crippen LogP contribution in [0.1, 0.15) is 24.0 Å². The molecule has 0 radical (unpaired) electrons. The van der Waals surface area contributed by atoms with Gasteiger partial charge >= 0.3 is 0 Å². The van der Waals surface area contributed by atoms with E-state index in [-0.39, 0.29) is 24.3 Å². The van der Waals surface area contributed by atoms with Gasteiger partial charge in [0.15, 0.2) is 6.61 Å². The molecule has 1 atom stereocenters. The van der Waals surface area contributed by atoms with Gasteiger partial charge in [0, 0.05) is 26.2 Å². The normalized spacial score (nSPS) is 17.5. The monoisotopic (exact) mass is 333 g/mol. The minimum atomic E-state index is -0.157. The minimum absolute atomic E-state index is 0.00142. The van der Waals surface area contributed by atoms with Crippen LogP contribution in [0, 0.1) is 19.8 Å². The third-order valence-corrected chi connectivity index (χ3v) is 4.28. The molecule has 6 nitrogen and oxygen atoms in total. The molecule has 1 aromatic carbocycles. The van der Waals surface area contributed by atoms with Crippen molar-refractivity contribution in [3.8, 4) is 5.75 Å². The Morgan fingerprint density at radius 3 is 2.92 bits per heavy atom. The van der Waals surface area contributed by atoms with Gasteiger partial charge in [0.1, 0.15) is 5.75 Å². The molecule has 1 unspecified atom stereocenters. The van der Waals surface area contributed by atoms with Gasteiger partial charge in [-0.1, -0.05) is 12.1 Å². The van der Waals surface area contributed by atoms with Crippen LogP contribution in [0.3, 0.4) is 0 Å². The molecule has 1 heterocycles. The number of hydrogen-bond acceptors (Lipinski definition) is 4. The molecule has 2 rings (SSSR count). The van der Waals surface area contributed by atoms with E-state index in [1.54, 1.807) is 4.90 Å². The molecule has 3 N–H and O–H groups in total. The van der Waals surface area contributed by atoms with Crippen LogP contribution in [0.15, 0.2) is 18.2 Å². The standard InChI is InChI=1S/C18H27N3O3/c1-13-5-6-14(2)16(10-13)24-12-17(22)21-9-3-4-15(11-21)18(23)20-8-7-19/h5-6,10,15H,3-4,7-9,11-12,19H2,1-2H3,(H,20,23). The number of hydrogen-bond donors (Lipinski definition) is 2. The van der Waals surface area contributed by atoms with Gasteiger partial charge in [0.05, 0.1) is 5.92 Å². The van der Waals surface area contributed by atoms with E-state index >= 15 is 0 Å². The molecule has 1 saturated heterocycles. The number of ether oxygens (including phenoxy) is 1. The van der Waals surface area contributed by atoms with E-state index in [1.165, 1.54) is 0 Å². The molecule has 1 aliphatic heterocycles. The zero-order valence-electron chi connectivity index (χ0n) is 14.5. The molecule has 0 aliphatic carbocycles. The number of nitrogens with one attached hydrogen (secondary N) is 1. The number of benzene rings is 1. The lowest BCUT2D eigenvalue weighted by atomic mass is 9.97. The molecule has 132 valence electrons. The lowest BCUT2D eigenvalue weighted by Crippen LogP contribution is -2.47. The highest BCUT2D eigenvalue weighted by Gasteiger charge is 2.28. The molecule has 24 heavy (non-hydrogen) atoms. The van der Waals surface area contributed by atoms with E-state index in [0.29, 0.717) is 26.2 Å². The van der Waals surface area contributed by atoms with E-state index in [1.807, 2.05) is 32.0 Å². The molecule has 0 saturated carbocycles. The Morgan fingerprint density at radius 1 is 1.38 bits per heavy atom. The van der Waals surface area contributed by atoms with Crippen molar-refractivity contribution >= 4 is 11.8 Å². The van der Waals surface area contributed by atoms with Crippen molar-refractivity contribution in [3.63, 3.8) is 0 Å². The summed E-state index contributed by atoms with van der Waals surface area (Å²) in [5.41, 5.74) is 7.50. The largest absolute Gasteiger partial charge is 0.483 e. The lowest BCUT2D eigenvalue weighted by molar-refractivity contribution is -0.137. The van der Waals surface area contributed by atoms with E-state index in [4.69, 9.17) is 10.5 Å². The fourth-order valence-corrected chi connectivity index (χ4v) is 2.85. The van der Waals surface area contributed by atoms with Gasteiger partial charge in [0.25, 0.3) is 5.91 Å². The zero-order valence-corrected chi connectivity index (χ0v) is 14.5. The number of likely N-dealkylation sites (tertiary alicyclic amines) is 1. The van der Waals surface area contributed by atoms with Gasteiger partial charge in [-0.3, -0.25) is 9.59 Å². The number of aryl methyl sites for hydroxylation is 2. The molecule has 1 fully saturated rings. The van der Waals surface area contributed by atoms with Crippen molar-refractivity contribution in [1.29, 1.82) is 0 Å². The van der Waals surface area contributed by atoms with Crippen molar-refractivity contribution in [2.45, 2.75) is 26.7 Å². The maximum Gasteiger partial charge on any atom is 0.260 e. The summed E-state index contributed by atoms with van der Waals surface area (Å²) >= 11 is 0. The number of carbonyl (C=O) groups is 2. The second-order valence-electron chi connectivity index (χ2n) is 6.32. The minimum Gasteiger partial charge on any atom is -0.483 e. The molecule has 0 spiro atoms. The van der Waals surface area contributed by atoms with Crippen LogP contribution in [-0.2, 0) is 9.59 Å². The maximum atomic E-state index is 12.4. The van der Waals surface area contributed by atoms with Gasteiger partial charge < -0.3 is 20.7 Å². The van der Waals surface area contributed by atoms with E-state index in [9.17, 15) is 9.59 Å². The van der Waals surface area contributed by atoms with Crippen molar-refractivity contribution < 1.29 is 14.3 Å². The SMILES string of the molecule is Cc1ccc(C)c(OCC(=O)N2CCCC(C(=O)NCCN)C2)c1. The highest BCUT2D eigenvalue weighted by Crippen LogP contribution is 2.20. The Balaban J connectivity index is 1.87. The quantitative estimate of drug-likeness (QED) is 0.813. The van der Waals surface area contributed by atoms with E-state index in [0.717, 1.165) is 29.7 Å². The van der Waals surface area contributed by atoms with Gasteiger partial charge in [-0.05, 0) is 43.9 Å². The van der Waals surface area contributed by atoms with E-state index in [2.05, 4.69) is 5.32 Å². The maximum absolute atomic E-state index is 12.4. The topological polar surface area (TPSA) is 84.7 Å². The van der Waals surface area contributed by atoms with Gasteiger partial charge in [-0.15, -0.1) is 0 Å². The smallest absolute Gasteiger partial charge is 0.260 e. The Hall–Kier alpha value is -2.08. The summed E-state index contributed by atoms with van der Waals surface area (Å²) < 4.78 is 5.68. The number of carbonyl (C=O) groups excluding carboxylic acids is 2. The van der Waals surface area contributed by atoms with Crippen molar-refractivity contribution in [3.05, 3.63) is 29.3 Å². The predicted octanol–water partition coefficient (Wildman–Crippen LogP) is 0.996. The molecule has 1 aromatic rings. The highest BCUT2D eigenvalue weighted by atomic mass is 16.5.